The molecular formula is C39H76NO8P. The molecule has 0 heterocycles. The maximum Gasteiger partial charge on any atom is 0.306 e. The molecule has 9 nitrogen and oxygen atoms in total. The Morgan fingerprint density at radius 2 is 1.14 bits per heavy atom. The van der Waals surface area contributed by atoms with Crippen LogP contribution >= 0.6 is 7.82 Å². The van der Waals surface area contributed by atoms with E-state index in [2.05, 4.69) is 6.92 Å². The van der Waals surface area contributed by atoms with Gasteiger partial charge in [0, 0.05) is 12.8 Å². The third-order valence-electron chi connectivity index (χ3n) is 9.61. The Hall–Kier alpha value is -0.990. The molecule has 0 amide bonds. The van der Waals surface area contributed by atoms with Crippen LogP contribution in [-0.2, 0) is 32.7 Å². The second-order valence-corrected chi connectivity index (χ2v) is 17.0. The summed E-state index contributed by atoms with van der Waals surface area (Å²) in [6, 6.07) is 0. The van der Waals surface area contributed by atoms with Gasteiger partial charge in [-0.15, -0.1) is 0 Å². The van der Waals surface area contributed by atoms with Gasteiger partial charge >= 0.3 is 11.9 Å². The minimum absolute atomic E-state index is 0.0246. The molecule has 49 heavy (non-hydrogen) atoms. The van der Waals surface area contributed by atoms with E-state index >= 15 is 0 Å². The zero-order valence-corrected chi connectivity index (χ0v) is 33.1. The zero-order valence-electron chi connectivity index (χ0n) is 32.2. The molecule has 0 aromatic heterocycles. The molecule has 1 saturated carbocycles. The Balaban J connectivity index is 2.28. The van der Waals surface area contributed by atoms with Crippen LogP contribution in [0, 0.1) is 5.92 Å². The van der Waals surface area contributed by atoms with Crippen LogP contribution in [0.15, 0.2) is 0 Å². The van der Waals surface area contributed by atoms with E-state index in [9.17, 15) is 19.0 Å². The van der Waals surface area contributed by atoms with Crippen molar-refractivity contribution < 1.29 is 42.1 Å². The van der Waals surface area contributed by atoms with Gasteiger partial charge in [-0.1, -0.05) is 155 Å². The second-order valence-electron chi connectivity index (χ2n) is 15.5. The Morgan fingerprint density at radius 3 is 1.61 bits per heavy atom. The fraction of sp³-hybridized carbons (Fsp3) is 0.949. The lowest BCUT2D eigenvalue weighted by Gasteiger charge is -2.28. The summed E-state index contributed by atoms with van der Waals surface area (Å²) in [6.45, 7) is 2.00. The van der Waals surface area contributed by atoms with E-state index < -0.39 is 26.5 Å². The third kappa shape index (κ3) is 30.4. The van der Waals surface area contributed by atoms with E-state index in [0.29, 0.717) is 17.4 Å². The Kier molecular flexibility index (Phi) is 27.8. The molecule has 0 saturated heterocycles. The SMILES string of the molecule is CCCCCCCCCCCCCCCC(=O)O[C@H](COC(=O)CCCCCCCCCCC1CCC1)COP(=O)([O-])OCC[N+](C)(C)C. The lowest BCUT2D eigenvalue weighted by molar-refractivity contribution is -0.870. The highest BCUT2D eigenvalue weighted by Crippen LogP contribution is 2.38. The molecule has 0 radical (unpaired) electrons. The molecule has 290 valence electrons. The molecule has 0 aromatic carbocycles. The van der Waals surface area contributed by atoms with Crippen LogP contribution in [0.25, 0.3) is 0 Å². The fourth-order valence-electron chi connectivity index (χ4n) is 6.09. The number of esters is 2. The van der Waals surface area contributed by atoms with Crippen molar-refractivity contribution in [2.24, 2.45) is 5.92 Å². The van der Waals surface area contributed by atoms with Crippen LogP contribution in [0.3, 0.4) is 0 Å². The highest BCUT2D eigenvalue weighted by atomic mass is 31.2. The van der Waals surface area contributed by atoms with Gasteiger partial charge in [-0.2, -0.15) is 0 Å². The molecule has 0 bridgehead atoms. The summed E-state index contributed by atoms with van der Waals surface area (Å²) < 4.78 is 33.8. The van der Waals surface area contributed by atoms with Crippen LogP contribution in [0.2, 0.25) is 0 Å². The fourth-order valence-corrected chi connectivity index (χ4v) is 6.82. The number of phosphoric ester groups is 1. The Bertz CT molecular complexity index is 860. The number of quaternary nitrogens is 1. The summed E-state index contributed by atoms with van der Waals surface area (Å²) >= 11 is 0. The van der Waals surface area contributed by atoms with E-state index in [1.54, 1.807) is 0 Å². The predicted octanol–water partition coefficient (Wildman–Crippen LogP) is 9.83. The molecule has 10 heteroatoms. The largest absolute Gasteiger partial charge is 0.756 e. The second kappa shape index (κ2) is 29.6. The molecule has 0 aliphatic heterocycles. The molecule has 1 unspecified atom stereocenters. The highest BCUT2D eigenvalue weighted by molar-refractivity contribution is 7.45. The normalized spacial score (nSPS) is 15.4. The van der Waals surface area contributed by atoms with E-state index in [0.717, 1.165) is 38.0 Å². The Morgan fingerprint density at radius 1 is 0.673 bits per heavy atom. The minimum Gasteiger partial charge on any atom is -0.756 e. The zero-order chi connectivity index (χ0) is 36.1. The number of ether oxygens (including phenoxy) is 2. The van der Waals surface area contributed by atoms with Gasteiger partial charge in [-0.25, -0.2) is 0 Å². The lowest BCUT2D eigenvalue weighted by Crippen LogP contribution is -2.37. The maximum absolute atomic E-state index is 12.6. The number of likely N-dealkylation sites (N-methyl/N-ethyl adjacent to an activating group) is 1. The van der Waals surface area contributed by atoms with E-state index in [4.69, 9.17) is 18.5 Å². The van der Waals surface area contributed by atoms with Crippen LogP contribution in [0.5, 0.6) is 0 Å². The molecular weight excluding hydrogens is 641 g/mol. The number of carbonyl (C=O) groups is 2. The van der Waals surface area contributed by atoms with Crippen LogP contribution in [0.4, 0.5) is 0 Å². The van der Waals surface area contributed by atoms with Gasteiger partial charge in [-0.05, 0) is 18.8 Å². The summed E-state index contributed by atoms with van der Waals surface area (Å²) in [5.41, 5.74) is 0. The third-order valence-corrected chi connectivity index (χ3v) is 10.6. The number of unbranched alkanes of at least 4 members (excludes halogenated alkanes) is 19. The van der Waals surface area contributed by atoms with Crippen LogP contribution < -0.4 is 4.89 Å². The van der Waals surface area contributed by atoms with Gasteiger partial charge < -0.3 is 27.9 Å². The molecule has 1 rings (SSSR count). The molecule has 1 aliphatic rings. The van der Waals surface area contributed by atoms with Crippen molar-refractivity contribution >= 4 is 19.8 Å². The Labute approximate surface area is 301 Å². The van der Waals surface area contributed by atoms with Gasteiger partial charge in [0.1, 0.15) is 19.8 Å². The minimum atomic E-state index is -4.61. The molecule has 1 aliphatic carbocycles. The van der Waals surface area contributed by atoms with Crippen molar-refractivity contribution in [2.45, 2.75) is 186 Å². The van der Waals surface area contributed by atoms with Crippen molar-refractivity contribution in [3.8, 4) is 0 Å². The van der Waals surface area contributed by atoms with Crippen LogP contribution in [-0.4, -0.2) is 70.0 Å². The van der Waals surface area contributed by atoms with E-state index in [1.165, 1.54) is 122 Å². The molecule has 0 aromatic rings. The number of phosphoric acid groups is 1. The topological polar surface area (TPSA) is 111 Å². The smallest absolute Gasteiger partial charge is 0.306 e. The first kappa shape index (κ1) is 46.0. The van der Waals surface area contributed by atoms with Crippen molar-refractivity contribution in [3.05, 3.63) is 0 Å². The standard InChI is InChI=1S/C39H76NO8P/c1-5-6-7-8-9-10-11-12-13-14-19-22-25-31-39(42)48-37(35-47-49(43,44)46-33-32-40(2,3)4)34-45-38(41)30-24-21-18-16-15-17-20-23-27-36-28-26-29-36/h36-37H,5-35H2,1-4H3/t37-/m1/s1. The lowest BCUT2D eigenvalue weighted by atomic mass is 9.81. The van der Waals surface area contributed by atoms with Gasteiger partial charge in [0.25, 0.3) is 7.82 Å². The summed E-state index contributed by atoms with van der Waals surface area (Å²) in [5, 5.41) is 0. The first-order chi connectivity index (χ1) is 23.5. The number of rotatable bonds is 35. The average molecular weight is 718 g/mol. The molecule has 0 spiro atoms. The first-order valence-electron chi connectivity index (χ1n) is 20.3. The van der Waals surface area contributed by atoms with Crippen LogP contribution in [0.1, 0.15) is 180 Å². The number of hydrogen-bond donors (Lipinski definition) is 0. The van der Waals surface area contributed by atoms with Crippen molar-refractivity contribution in [2.75, 3.05) is 47.5 Å². The quantitative estimate of drug-likeness (QED) is 0.0276. The molecule has 1 fully saturated rings. The van der Waals surface area contributed by atoms with E-state index in [-0.39, 0.29) is 32.0 Å². The predicted molar refractivity (Wildman–Crippen MR) is 197 cm³/mol. The van der Waals surface area contributed by atoms with Crippen molar-refractivity contribution in [1.82, 2.24) is 0 Å². The van der Waals surface area contributed by atoms with Gasteiger partial charge in [0.05, 0.1) is 27.7 Å². The summed E-state index contributed by atoms with van der Waals surface area (Å²) in [5.74, 6) is 0.189. The average Bonchev–Trinajstić information content (AvgIpc) is 3.01. The number of hydrogen-bond acceptors (Lipinski definition) is 8. The van der Waals surface area contributed by atoms with E-state index in [1.807, 2.05) is 21.1 Å². The molecule has 2 atom stereocenters. The summed E-state index contributed by atoms with van der Waals surface area (Å²) in [7, 11) is 1.18. The van der Waals surface area contributed by atoms with Crippen molar-refractivity contribution in [1.29, 1.82) is 0 Å². The summed E-state index contributed by atoms with van der Waals surface area (Å²) in [4.78, 5) is 37.4. The van der Waals surface area contributed by atoms with Gasteiger partial charge in [-0.3, -0.25) is 14.2 Å². The number of carbonyl (C=O) groups excluding carboxylic acids is 2. The van der Waals surface area contributed by atoms with Gasteiger partial charge in [0.15, 0.2) is 6.10 Å². The summed E-state index contributed by atoms with van der Waals surface area (Å²) in [6.07, 6.45) is 30.3. The first-order valence-corrected chi connectivity index (χ1v) is 21.7. The van der Waals surface area contributed by atoms with Crippen molar-refractivity contribution in [3.63, 3.8) is 0 Å². The monoisotopic (exact) mass is 718 g/mol. The highest BCUT2D eigenvalue weighted by Gasteiger charge is 2.22. The molecule has 0 N–H and O–H groups in total. The number of nitrogens with zero attached hydrogens (tertiary/aromatic N) is 1. The maximum atomic E-state index is 12.6. The van der Waals surface area contributed by atoms with Gasteiger partial charge in [0.2, 0.25) is 0 Å².